The Hall–Kier alpha value is -2.71. The highest BCUT2D eigenvalue weighted by atomic mass is 35.5. The first-order chi connectivity index (χ1) is 15.4. The third-order valence-electron chi connectivity index (χ3n) is 5.44. The van der Waals surface area contributed by atoms with Crippen LogP contribution in [0, 0.1) is 0 Å². The van der Waals surface area contributed by atoms with E-state index in [0.717, 1.165) is 27.7 Å². The van der Waals surface area contributed by atoms with Crippen molar-refractivity contribution >= 4 is 55.6 Å². The molecule has 1 aliphatic heterocycles. The van der Waals surface area contributed by atoms with Gasteiger partial charge in [0.2, 0.25) is 10.0 Å². The molecule has 0 spiro atoms. The predicted molar refractivity (Wildman–Crippen MR) is 127 cm³/mol. The Kier molecular flexibility index (Phi) is 5.51. The lowest BCUT2D eigenvalue weighted by atomic mass is 10.0. The van der Waals surface area contributed by atoms with Gasteiger partial charge in [0.05, 0.1) is 22.3 Å². The van der Waals surface area contributed by atoms with E-state index in [0.29, 0.717) is 18.8 Å². The van der Waals surface area contributed by atoms with Gasteiger partial charge in [0.15, 0.2) is 0 Å². The molecule has 1 aliphatic rings. The number of benzene rings is 2. The summed E-state index contributed by atoms with van der Waals surface area (Å²) in [6.07, 6.45) is 3.98. The first-order valence-corrected chi connectivity index (χ1v) is 12.1. The third kappa shape index (κ3) is 4.04. The number of anilines is 2. The van der Waals surface area contributed by atoms with Gasteiger partial charge in [-0.1, -0.05) is 41.4 Å². The van der Waals surface area contributed by atoms with Gasteiger partial charge in [-0.25, -0.2) is 13.4 Å². The van der Waals surface area contributed by atoms with E-state index in [4.69, 9.17) is 23.2 Å². The number of sulfonamides is 1. The summed E-state index contributed by atoms with van der Waals surface area (Å²) >= 11 is 12.0. The fourth-order valence-corrected chi connectivity index (χ4v) is 6.03. The van der Waals surface area contributed by atoms with Crippen molar-refractivity contribution in [3.8, 4) is 0 Å². The molecule has 0 fully saturated rings. The Bertz CT molecular complexity index is 1420. The van der Waals surface area contributed by atoms with Crippen LogP contribution in [0.4, 0.5) is 11.5 Å². The van der Waals surface area contributed by atoms with Gasteiger partial charge in [-0.15, -0.1) is 0 Å². The largest absolute Gasteiger partial charge is 0.339 e. The normalized spacial score (nSPS) is 14.3. The van der Waals surface area contributed by atoms with Crippen molar-refractivity contribution in [2.75, 3.05) is 11.9 Å². The zero-order valence-electron chi connectivity index (χ0n) is 16.8. The topological polar surface area (TPSA) is 75.2 Å². The van der Waals surface area contributed by atoms with Crippen LogP contribution >= 0.6 is 23.2 Å². The minimum Gasteiger partial charge on any atom is -0.339 e. The summed E-state index contributed by atoms with van der Waals surface area (Å²) in [5, 5.41) is 4.95. The van der Waals surface area contributed by atoms with E-state index in [9.17, 15) is 8.42 Å². The van der Waals surface area contributed by atoms with Crippen molar-refractivity contribution < 1.29 is 8.42 Å². The van der Waals surface area contributed by atoms with Crippen molar-refractivity contribution in [2.24, 2.45) is 0 Å². The minimum absolute atomic E-state index is 0.0908. The first-order valence-electron chi connectivity index (χ1n) is 9.95. The molecule has 162 valence electrons. The smallest absolute Gasteiger partial charge is 0.243 e. The van der Waals surface area contributed by atoms with Crippen LogP contribution in [0.15, 0.2) is 71.9 Å². The lowest BCUT2D eigenvalue weighted by molar-refractivity contribution is 0.391. The van der Waals surface area contributed by atoms with E-state index in [1.54, 1.807) is 12.4 Å². The maximum Gasteiger partial charge on any atom is 0.243 e. The summed E-state index contributed by atoms with van der Waals surface area (Å²) in [5.74, 6) is 0.711. The highest BCUT2D eigenvalue weighted by molar-refractivity contribution is 7.89. The number of nitrogens with zero attached hydrogens (tertiary/aromatic N) is 3. The molecular formula is C23H18Cl2N4O2S. The van der Waals surface area contributed by atoms with Gasteiger partial charge in [0, 0.05) is 40.3 Å². The van der Waals surface area contributed by atoms with Gasteiger partial charge in [-0.05, 0) is 48.4 Å². The molecule has 1 N–H and O–H groups in total. The Morgan fingerprint density at radius 1 is 0.969 bits per heavy atom. The predicted octanol–water partition coefficient (Wildman–Crippen LogP) is 5.43. The van der Waals surface area contributed by atoms with Crippen LogP contribution in [-0.2, 0) is 23.0 Å². The Morgan fingerprint density at radius 2 is 1.75 bits per heavy atom. The van der Waals surface area contributed by atoms with Crippen molar-refractivity contribution in [2.45, 2.75) is 17.9 Å². The Balaban J connectivity index is 1.43. The van der Waals surface area contributed by atoms with E-state index in [-0.39, 0.29) is 21.5 Å². The average molecular weight is 485 g/mol. The maximum atomic E-state index is 13.2. The lowest BCUT2D eigenvalue weighted by Crippen LogP contribution is -2.36. The molecule has 3 heterocycles. The molecule has 0 radical (unpaired) electrons. The zero-order chi connectivity index (χ0) is 22.3. The van der Waals surface area contributed by atoms with Gasteiger partial charge >= 0.3 is 0 Å². The van der Waals surface area contributed by atoms with Crippen LogP contribution < -0.4 is 5.32 Å². The summed E-state index contributed by atoms with van der Waals surface area (Å²) < 4.78 is 27.8. The minimum atomic E-state index is -3.73. The molecule has 0 saturated heterocycles. The van der Waals surface area contributed by atoms with E-state index < -0.39 is 10.0 Å². The molecule has 2 aromatic heterocycles. The summed E-state index contributed by atoms with van der Waals surface area (Å²) in [6, 6.07) is 16.1. The fraction of sp³-hybridized carbons (Fsp3) is 0.130. The highest BCUT2D eigenvalue weighted by Crippen LogP contribution is 2.31. The molecule has 0 amide bonds. The Morgan fingerprint density at radius 3 is 2.56 bits per heavy atom. The number of hydrogen-bond acceptors (Lipinski definition) is 5. The zero-order valence-corrected chi connectivity index (χ0v) is 19.1. The molecule has 2 aromatic carbocycles. The van der Waals surface area contributed by atoms with Gasteiger partial charge in [-0.2, -0.15) is 4.31 Å². The average Bonchev–Trinajstić information content (AvgIpc) is 2.78. The molecule has 0 saturated carbocycles. The Labute approximate surface area is 195 Å². The monoisotopic (exact) mass is 484 g/mol. The number of pyridine rings is 2. The SMILES string of the molecule is O=S(=O)(c1cc(Cl)cc(Cl)c1)N1CCc2c(ccnc2Nc2cnc3ccccc3c2)C1. The van der Waals surface area contributed by atoms with Gasteiger partial charge in [0.25, 0.3) is 0 Å². The van der Waals surface area contributed by atoms with Gasteiger partial charge < -0.3 is 5.32 Å². The number of halogens is 2. The van der Waals surface area contributed by atoms with Crippen molar-refractivity contribution in [1.82, 2.24) is 14.3 Å². The molecule has 4 aromatic rings. The van der Waals surface area contributed by atoms with Crippen molar-refractivity contribution in [3.63, 3.8) is 0 Å². The number of aromatic nitrogens is 2. The molecule has 0 aliphatic carbocycles. The first kappa shape index (κ1) is 21.2. The highest BCUT2D eigenvalue weighted by Gasteiger charge is 2.30. The van der Waals surface area contributed by atoms with Gasteiger partial charge in [-0.3, -0.25) is 4.98 Å². The third-order valence-corrected chi connectivity index (χ3v) is 7.70. The maximum absolute atomic E-state index is 13.2. The molecule has 5 rings (SSSR count). The molecule has 0 unspecified atom stereocenters. The van der Waals surface area contributed by atoms with Crippen molar-refractivity contribution in [3.05, 3.63) is 88.2 Å². The fourth-order valence-electron chi connectivity index (χ4n) is 3.88. The number of para-hydroxylation sites is 1. The van der Waals surface area contributed by atoms with E-state index >= 15 is 0 Å². The molecule has 0 atom stereocenters. The number of fused-ring (bicyclic) bond motifs is 2. The van der Waals surface area contributed by atoms with Crippen LogP contribution in [0.5, 0.6) is 0 Å². The quantitative estimate of drug-likeness (QED) is 0.418. The van der Waals surface area contributed by atoms with Gasteiger partial charge in [0.1, 0.15) is 5.82 Å². The van der Waals surface area contributed by atoms with E-state index in [2.05, 4.69) is 15.3 Å². The van der Waals surface area contributed by atoms with Crippen molar-refractivity contribution in [1.29, 1.82) is 0 Å². The number of nitrogens with one attached hydrogen (secondary N) is 1. The molecule has 32 heavy (non-hydrogen) atoms. The molecular weight excluding hydrogens is 467 g/mol. The second kappa shape index (κ2) is 8.33. The number of hydrogen-bond donors (Lipinski definition) is 1. The molecule has 0 bridgehead atoms. The number of rotatable bonds is 4. The summed E-state index contributed by atoms with van der Waals surface area (Å²) in [5.41, 5.74) is 3.65. The standard InChI is InChI=1S/C23H18Cl2N4O2S/c24-17-10-18(25)12-20(11-17)32(30,31)29-8-6-21-16(14-29)5-7-26-23(21)28-19-9-15-3-1-2-4-22(15)27-13-19/h1-5,7,9-13H,6,8,14H2,(H,26,28). The van der Waals surface area contributed by atoms with Crippen LogP contribution in [-0.4, -0.2) is 29.2 Å². The second-order valence-corrected chi connectivity index (χ2v) is 10.3. The summed E-state index contributed by atoms with van der Waals surface area (Å²) in [7, 11) is -3.73. The molecule has 9 heteroatoms. The van der Waals surface area contributed by atoms with Crippen LogP contribution in [0.3, 0.4) is 0 Å². The second-order valence-electron chi connectivity index (χ2n) is 7.53. The van der Waals surface area contributed by atoms with E-state index in [1.807, 2.05) is 36.4 Å². The van der Waals surface area contributed by atoms with Crippen LogP contribution in [0.1, 0.15) is 11.1 Å². The summed E-state index contributed by atoms with van der Waals surface area (Å²) in [6.45, 7) is 0.574. The summed E-state index contributed by atoms with van der Waals surface area (Å²) in [4.78, 5) is 9.07. The van der Waals surface area contributed by atoms with Crippen LogP contribution in [0.2, 0.25) is 10.0 Å². The lowest BCUT2D eigenvalue weighted by Gasteiger charge is -2.29. The van der Waals surface area contributed by atoms with E-state index in [1.165, 1.54) is 22.5 Å². The van der Waals surface area contributed by atoms with Crippen LogP contribution in [0.25, 0.3) is 10.9 Å². The molecule has 6 nitrogen and oxygen atoms in total.